The van der Waals surface area contributed by atoms with Crippen LogP contribution in [0, 0.1) is 10.1 Å². The summed E-state index contributed by atoms with van der Waals surface area (Å²) in [6.45, 7) is 0. The Labute approximate surface area is 216 Å². The second kappa shape index (κ2) is 9.18. The summed E-state index contributed by atoms with van der Waals surface area (Å²) in [5.41, 5.74) is 3.65. The molecule has 0 fully saturated rings. The number of para-hydroxylation sites is 2. The maximum Gasteiger partial charge on any atom is 0.348 e. The lowest BCUT2D eigenvalue weighted by molar-refractivity contribution is -0.384. The van der Waals surface area contributed by atoms with Gasteiger partial charge in [-0.1, -0.05) is 36.4 Å². The van der Waals surface area contributed by atoms with Crippen molar-refractivity contribution in [1.29, 1.82) is 0 Å². The lowest BCUT2D eigenvalue weighted by Gasteiger charge is -2.25. The van der Waals surface area contributed by atoms with Gasteiger partial charge < -0.3 is 14.4 Å². The van der Waals surface area contributed by atoms with Crippen LogP contribution >= 0.6 is 0 Å². The highest BCUT2D eigenvalue weighted by molar-refractivity contribution is 6.24. The second-order valence-electron chi connectivity index (χ2n) is 8.54. The van der Waals surface area contributed by atoms with Gasteiger partial charge in [-0.3, -0.25) is 10.1 Å². The number of carbonyl (C=O) groups is 2. The average Bonchev–Trinajstić information content (AvgIpc) is 3.48. The Balaban J connectivity index is 1.39. The molecule has 4 aromatic rings. The number of benzene rings is 4. The van der Waals surface area contributed by atoms with Crippen molar-refractivity contribution >= 4 is 46.2 Å². The molecule has 0 N–H and O–H groups in total. The summed E-state index contributed by atoms with van der Waals surface area (Å²) in [5, 5.41) is 11.0. The topological polar surface area (TPSA) is 99.0 Å². The van der Waals surface area contributed by atoms with Gasteiger partial charge in [0.05, 0.1) is 4.92 Å². The molecule has 184 valence electrons. The summed E-state index contributed by atoms with van der Waals surface area (Å²) in [7, 11) is 0. The summed E-state index contributed by atoms with van der Waals surface area (Å²) in [6, 6.07) is 32.6. The molecular weight excluding hydrogens is 484 g/mol. The van der Waals surface area contributed by atoms with Crippen LogP contribution in [-0.2, 0) is 19.1 Å². The number of esters is 2. The lowest BCUT2D eigenvalue weighted by atomic mass is 10.0. The maximum absolute atomic E-state index is 12.8. The predicted molar refractivity (Wildman–Crippen MR) is 140 cm³/mol. The molecule has 0 aromatic heterocycles. The highest BCUT2D eigenvalue weighted by atomic mass is 16.6. The fraction of sp³-hybridized carbons (Fsp3) is 0. The van der Waals surface area contributed by atoms with Crippen molar-refractivity contribution in [3.8, 4) is 0 Å². The van der Waals surface area contributed by atoms with E-state index in [1.807, 2.05) is 72.8 Å². The molecule has 0 radical (unpaired) electrons. The van der Waals surface area contributed by atoms with Crippen LogP contribution in [0.4, 0.5) is 22.7 Å². The molecule has 0 saturated carbocycles. The fourth-order valence-electron chi connectivity index (χ4n) is 4.51. The van der Waals surface area contributed by atoms with Gasteiger partial charge in [-0.2, -0.15) is 0 Å². The van der Waals surface area contributed by atoms with Crippen molar-refractivity contribution in [2.75, 3.05) is 4.90 Å². The Morgan fingerprint density at radius 1 is 0.553 bits per heavy atom. The number of anilines is 3. The molecule has 6 rings (SSSR count). The van der Waals surface area contributed by atoms with E-state index in [0.717, 1.165) is 17.1 Å². The van der Waals surface area contributed by atoms with Gasteiger partial charge in [0.2, 0.25) is 0 Å². The standard InChI is InChI=1S/C30H18N2O6/c33-29-25-26(28(38-29)20-13-17-24(18-14-20)32(35)36)30(34)37-27(25)19-11-15-23(16-12-19)31(21-7-3-1-4-8-21)22-9-5-2-6-10-22/h1-18H. The largest absolute Gasteiger partial charge is 0.421 e. The predicted octanol–water partition coefficient (Wildman–Crippen LogP) is 6.30. The third-order valence-corrected chi connectivity index (χ3v) is 6.26. The summed E-state index contributed by atoms with van der Waals surface area (Å²) in [6.07, 6.45) is 0. The molecular formula is C30H18N2O6. The van der Waals surface area contributed by atoms with E-state index in [2.05, 4.69) is 4.90 Å². The second-order valence-corrected chi connectivity index (χ2v) is 8.54. The quantitative estimate of drug-likeness (QED) is 0.173. The monoisotopic (exact) mass is 502 g/mol. The van der Waals surface area contributed by atoms with Gasteiger partial charge in [0.1, 0.15) is 11.1 Å². The van der Waals surface area contributed by atoms with E-state index in [-0.39, 0.29) is 28.4 Å². The third kappa shape index (κ3) is 3.90. The van der Waals surface area contributed by atoms with E-state index >= 15 is 0 Å². The highest BCUT2D eigenvalue weighted by Gasteiger charge is 2.45. The van der Waals surface area contributed by atoms with E-state index in [1.54, 1.807) is 12.1 Å². The number of hydrogen-bond donors (Lipinski definition) is 0. The highest BCUT2D eigenvalue weighted by Crippen LogP contribution is 2.44. The van der Waals surface area contributed by atoms with Crippen LogP contribution < -0.4 is 4.90 Å². The zero-order valence-electron chi connectivity index (χ0n) is 19.7. The van der Waals surface area contributed by atoms with Crippen molar-refractivity contribution in [3.05, 3.63) is 142 Å². The Bertz CT molecular complexity index is 1600. The minimum Gasteiger partial charge on any atom is -0.421 e. The number of non-ortho nitro benzene ring substituents is 1. The summed E-state index contributed by atoms with van der Waals surface area (Å²) >= 11 is 0. The molecule has 2 heterocycles. The molecule has 0 aliphatic carbocycles. The number of cyclic esters (lactones) is 2. The van der Waals surface area contributed by atoms with E-state index in [4.69, 9.17) is 9.47 Å². The van der Waals surface area contributed by atoms with Crippen LogP contribution in [0.3, 0.4) is 0 Å². The maximum atomic E-state index is 12.8. The Kier molecular flexibility index (Phi) is 5.54. The molecule has 0 unspecified atom stereocenters. The van der Waals surface area contributed by atoms with Gasteiger partial charge in [-0.15, -0.1) is 0 Å². The first-order chi connectivity index (χ1) is 18.5. The molecule has 4 aromatic carbocycles. The SMILES string of the molecule is O=C1OC(c2ccc([N+](=O)[O-])cc2)=C2C(=O)OC(c3ccc(N(c4ccccc4)c4ccccc4)cc3)=C12. The van der Waals surface area contributed by atoms with E-state index in [0.29, 0.717) is 11.1 Å². The van der Waals surface area contributed by atoms with E-state index in [9.17, 15) is 19.7 Å². The number of nitrogens with zero attached hydrogens (tertiary/aromatic N) is 2. The molecule has 0 bridgehead atoms. The van der Waals surface area contributed by atoms with Crippen LogP contribution in [0.25, 0.3) is 11.5 Å². The molecule has 0 amide bonds. The van der Waals surface area contributed by atoms with Crippen LogP contribution in [0.1, 0.15) is 11.1 Å². The molecule has 0 atom stereocenters. The van der Waals surface area contributed by atoms with Crippen molar-refractivity contribution in [3.63, 3.8) is 0 Å². The smallest absolute Gasteiger partial charge is 0.348 e. The molecule has 0 saturated heterocycles. The van der Waals surface area contributed by atoms with Crippen molar-refractivity contribution in [1.82, 2.24) is 0 Å². The molecule has 2 aliphatic heterocycles. The summed E-state index contributed by atoms with van der Waals surface area (Å²) in [5.74, 6) is -1.29. The average molecular weight is 502 g/mol. The van der Waals surface area contributed by atoms with Crippen LogP contribution in [0.15, 0.2) is 120 Å². The Hall–Kier alpha value is -5.50. The van der Waals surface area contributed by atoms with E-state index < -0.39 is 16.9 Å². The fourth-order valence-corrected chi connectivity index (χ4v) is 4.51. The third-order valence-electron chi connectivity index (χ3n) is 6.26. The van der Waals surface area contributed by atoms with Crippen LogP contribution in [0.2, 0.25) is 0 Å². The van der Waals surface area contributed by atoms with Crippen molar-refractivity contribution < 1.29 is 24.0 Å². The zero-order valence-corrected chi connectivity index (χ0v) is 19.7. The molecule has 8 heteroatoms. The van der Waals surface area contributed by atoms with E-state index in [1.165, 1.54) is 24.3 Å². The van der Waals surface area contributed by atoms with Gasteiger partial charge in [-0.05, 0) is 60.7 Å². The zero-order chi connectivity index (χ0) is 26.2. The molecule has 38 heavy (non-hydrogen) atoms. The van der Waals surface area contributed by atoms with Gasteiger partial charge in [0.15, 0.2) is 11.5 Å². The first-order valence-electron chi connectivity index (χ1n) is 11.7. The number of ether oxygens (including phenoxy) is 2. The van der Waals surface area contributed by atoms with Gasteiger partial charge in [0.25, 0.3) is 5.69 Å². The molecule has 8 nitrogen and oxygen atoms in total. The number of hydrogen-bond acceptors (Lipinski definition) is 7. The van der Waals surface area contributed by atoms with Crippen molar-refractivity contribution in [2.45, 2.75) is 0 Å². The van der Waals surface area contributed by atoms with Crippen LogP contribution in [-0.4, -0.2) is 16.9 Å². The number of nitro groups is 1. The number of nitro benzene ring substituents is 1. The normalized spacial score (nSPS) is 14.3. The molecule has 2 aliphatic rings. The first kappa shape index (κ1) is 22.9. The number of carbonyl (C=O) groups excluding carboxylic acids is 2. The minimum atomic E-state index is -0.714. The number of rotatable bonds is 6. The Morgan fingerprint density at radius 2 is 0.947 bits per heavy atom. The van der Waals surface area contributed by atoms with Gasteiger partial charge in [0, 0.05) is 40.3 Å². The Morgan fingerprint density at radius 3 is 1.37 bits per heavy atom. The first-order valence-corrected chi connectivity index (χ1v) is 11.7. The lowest BCUT2D eigenvalue weighted by Crippen LogP contribution is -2.09. The van der Waals surface area contributed by atoms with Gasteiger partial charge >= 0.3 is 11.9 Å². The van der Waals surface area contributed by atoms with Crippen molar-refractivity contribution in [2.24, 2.45) is 0 Å². The molecule has 0 spiro atoms. The summed E-state index contributed by atoms with van der Waals surface area (Å²) < 4.78 is 10.9. The number of fused-ring (bicyclic) bond motifs is 1. The minimum absolute atomic E-state index is 0.0122. The summed E-state index contributed by atoms with van der Waals surface area (Å²) in [4.78, 5) is 38.2. The van der Waals surface area contributed by atoms with Gasteiger partial charge in [-0.25, -0.2) is 9.59 Å². The van der Waals surface area contributed by atoms with Crippen LogP contribution in [0.5, 0.6) is 0 Å².